The predicted octanol–water partition coefficient (Wildman–Crippen LogP) is 0.975. The normalized spacial score (nSPS) is 32.0. The number of ether oxygens (including phenoxy) is 2. The molecule has 0 aliphatic carbocycles. The van der Waals surface area contributed by atoms with Crippen LogP contribution in [0.4, 0.5) is 0 Å². The summed E-state index contributed by atoms with van der Waals surface area (Å²) in [5.74, 6) is 0. The lowest BCUT2D eigenvalue weighted by Gasteiger charge is -2.15. The highest BCUT2D eigenvalue weighted by molar-refractivity contribution is 4.93. The zero-order valence-corrected chi connectivity index (χ0v) is 5.43. The average molecular weight is 127 g/mol. The highest BCUT2D eigenvalue weighted by Gasteiger charge is 2.38. The van der Waals surface area contributed by atoms with Gasteiger partial charge in [0.25, 0.3) is 0 Å². The van der Waals surface area contributed by atoms with E-state index >= 15 is 0 Å². The zero-order chi connectivity index (χ0) is 6.16. The molecule has 2 nitrogen and oxygen atoms in total. The van der Waals surface area contributed by atoms with Crippen molar-refractivity contribution in [2.24, 2.45) is 5.41 Å². The summed E-state index contributed by atoms with van der Waals surface area (Å²) in [6, 6.07) is 0. The lowest BCUT2D eigenvalue weighted by molar-refractivity contribution is 0.157. The Morgan fingerprint density at radius 1 is 1.22 bits per heavy atom. The first-order chi connectivity index (χ1) is 4.41. The summed E-state index contributed by atoms with van der Waals surface area (Å²) in [7, 11) is 0. The molecule has 0 amide bonds. The lowest BCUT2D eigenvalue weighted by Crippen LogP contribution is -2.16. The molecular formula is C7H11O2. The molecule has 2 saturated heterocycles. The van der Waals surface area contributed by atoms with Crippen LogP contribution in [0.5, 0.6) is 0 Å². The first kappa shape index (κ1) is 5.69. The van der Waals surface area contributed by atoms with Gasteiger partial charge in [-0.2, -0.15) is 0 Å². The largest absolute Gasteiger partial charge is 0.381 e. The standard InChI is InChI=1S/C7H11O2/c1-3-8-5-7(1)2-4-9-6-7/h5H,1-4,6H2. The van der Waals surface area contributed by atoms with Gasteiger partial charge in [0.2, 0.25) is 0 Å². The van der Waals surface area contributed by atoms with Gasteiger partial charge in [-0.3, -0.25) is 0 Å². The molecule has 2 fully saturated rings. The summed E-state index contributed by atoms with van der Waals surface area (Å²) in [6.07, 6.45) is 2.32. The SMILES string of the molecule is [CH]1OCCC12CCOC2. The molecule has 0 saturated carbocycles. The number of hydrogen-bond donors (Lipinski definition) is 0. The molecule has 1 spiro atoms. The third-order valence-corrected chi connectivity index (χ3v) is 2.18. The lowest BCUT2D eigenvalue weighted by atomic mass is 9.87. The van der Waals surface area contributed by atoms with E-state index in [1.54, 1.807) is 0 Å². The van der Waals surface area contributed by atoms with Crippen molar-refractivity contribution in [3.05, 3.63) is 6.61 Å². The van der Waals surface area contributed by atoms with Gasteiger partial charge >= 0.3 is 0 Å². The molecule has 1 radical (unpaired) electrons. The summed E-state index contributed by atoms with van der Waals surface area (Å²) in [6.45, 7) is 4.66. The Labute approximate surface area is 55.1 Å². The second kappa shape index (κ2) is 1.96. The molecular weight excluding hydrogens is 116 g/mol. The van der Waals surface area contributed by atoms with Gasteiger partial charge in [-0.25, -0.2) is 0 Å². The molecule has 2 rings (SSSR count). The quantitative estimate of drug-likeness (QED) is 0.483. The Balaban J connectivity index is 2.04. The van der Waals surface area contributed by atoms with Crippen molar-refractivity contribution < 1.29 is 9.47 Å². The van der Waals surface area contributed by atoms with Crippen LogP contribution in [0.15, 0.2) is 0 Å². The minimum absolute atomic E-state index is 0.319. The van der Waals surface area contributed by atoms with Crippen molar-refractivity contribution in [2.75, 3.05) is 19.8 Å². The molecule has 0 aromatic heterocycles. The van der Waals surface area contributed by atoms with E-state index in [0.29, 0.717) is 5.41 Å². The Morgan fingerprint density at radius 3 is 2.67 bits per heavy atom. The van der Waals surface area contributed by atoms with Crippen LogP contribution in [0.1, 0.15) is 12.8 Å². The Hall–Kier alpha value is -0.0800. The van der Waals surface area contributed by atoms with Gasteiger partial charge in [0.1, 0.15) is 0 Å². The fourth-order valence-electron chi connectivity index (χ4n) is 1.47. The molecule has 2 aliphatic heterocycles. The second-order valence-corrected chi connectivity index (χ2v) is 2.90. The molecule has 0 aromatic rings. The fraction of sp³-hybridized carbons (Fsp3) is 0.857. The van der Waals surface area contributed by atoms with Crippen LogP contribution in [0.25, 0.3) is 0 Å². The Kier molecular flexibility index (Phi) is 1.24. The van der Waals surface area contributed by atoms with E-state index in [0.717, 1.165) is 32.7 Å². The maximum Gasteiger partial charge on any atom is 0.0922 e. The molecule has 1 unspecified atom stereocenters. The summed E-state index contributed by atoms with van der Waals surface area (Å²) >= 11 is 0. The van der Waals surface area contributed by atoms with Crippen molar-refractivity contribution in [1.29, 1.82) is 0 Å². The molecule has 1 atom stereocenters. The zero-order valence-electron chi connectivity index (χ0n) is 5.43. The monoisotopic (exact) mass is 127 g/mol. The van der Waals surface area contributed by atoms with Crippen LogP contribution in [0.3, 0.4) is 0 Å². The van der Waals surface area contributed by atoms with Crippen molar-refractivity contribution in [3.63, 3.8) is 0 Å². The van der Waals surface area contributed by atoms with Crippen LogP contribution in [0.2, 0.25) is 0 Å². The molecule has 0 bridgehead atoms. The molecule has 0 aromatic carbocycles. The minimum atomic E-state index is 0.319. The van der Waals surface area contributed by atoms with E-state index in [-0.39, 0.29) is 0 Å². The van der Waals surface area contributed by atoms with Crippen molar-refractivity contribution in [3.8, 4) is 0 Å². The maximum atomic E-state index is 5.27. The van der Waals surface area contributed by atoms with E-state index in [1.165, 1.54) is 0 Å². The molecule has 0 N–H and O–H groups in total. The summed E-state index contributed by atoms with van der Waals surface area (Å²) in [5.41, 5.74) is 0.319. The van der Waals surface area contributed by atoms with Gasteiger partial charge in [0.15, 0.2) is 0 Å². The summed E-state index contributed by atoms with van der Waals surface area (Å²) in [5, 5.41) is 0. The summed E-state index contributed by atoms with van der Waals surface area (Å²) < 4.78 is 10.4. The van der Waals surface area contributed by atoms with E-state index in [1.807, 2.05) is 6.61 Å². The Morgan fingerprint density at radius 2 is 2.11 bits per heavy atom. The van der Waals surface area contributed by atoms with E-state index in [4.69, 9.17) is 9.47 Å². The highest BCUT2D eigenvalue weighted by atomic mass is 16.5. The number of rotatable bonds is 0. The fourth-order valence-corrected chi connectivity index (χ4v) is 1.47. The van der Waals surface area contributed by atoms with Crippen molar-refractivity contribution >= 4 is 0 Å². The third kappa shape index (κ3) is 0.864. The molecule has 2 heterocycles. The van der Waals surface area contributed by atoms with Gasteiger partial charge < -0.3 is 9.47 Å². The smallest absolute Gasteiger partial charge is 0.0922 e. The molecule has 2 aliphatic rings. The Bertz CT molecular complexity index is 82.0. The third-order valence-electron chi connectivity index (χ3n) is 2.18. The van der Waals surface area contributed by atoms with E-state index in [2.05, 4.69) is 0 Å². The van der Waals surface area contributed by atoms with Crippen molar-refractivity contribution in [1.82, 2.24) is 0 Å². The number of hydrogen-bond acceptors (Lipinski definition) is 2. The summed E-state index contributed by atoms with van der Waals surface area (Å²) in [4.78, 5) is 0. The van der Waals surface area contributed by atoms with Gasteiger partial charge in [-0.15, -0.1) is 0 Å². The average Bonchev–Trinajstić information content (AvgIpc) is 2.45. The first-order valence-electron chi connectivity index (χ1n) is 3.45. The predicted molar refractivity (Wildman–Crippen MR) is 32.7 cm³/mol. The van der Waals surface area contributed by atoms with Crippen molar-refractivity contribution in [2.45, 2.75) is 12.8 Å². The van der Waals surface area contributed by atoms with Gasteiger partial charge in [0.05, 0.1) is 13.2 Å². The van der Waals surface area contributed by atoms with Gasteiger partial charge in [-0.1, -0.05) is 0 Å². The maximum absolute atomic E-state index is 5.27. The topological polar surface area (TPSA) is 18.5 Å². The molecule has 51 valence electrons. The van der Waals surface area contributed by atoms with Crippen LogP contribution in [-0.4, -0.2) is 19.8 Å². The first-order valence-corrected chi connectivity index (χ1v) is 3.45. The van der Waals surface area contributed by atoms with Crippen LogP contribution >= 0.6 is 0 Å². The van der Waals surface area contributed by atoms with Crippen LogP contribution < -0.4 is 0 Å². The van der Waals surface area contributed by atoms with E-state index < -0.39 is 0 Å². The van der Waals surface area contributed by atoms with Crippen LogP contribution in [-0.2, 0) is 9.47 Å². The second-order valence-electron chi connectivity index (χ2n) is 2.90. The van der Waals surface area contributed by atoms with Gasteiger partial charge in [-0.05, 0) is 12.8 Å². The van der Waals surface area contributed by atoms with Gasteiger partial charge in [0, 0.05) is 18.6 Å². The minimum Gasteiger partial charge on any atom is -0.381 e. The van der Waals surface area contributed by atoms with Crippen LogP contribution in [0, 0.1) is 12.0 Å². The highest BCUT2D eigenvalue weighted by Crippen LogP contribution is 2.39. The molecule has 2 heteroatoms. The molecule has 9 heavy (non-hydrogen) atoms. The van der Waals surface area contributed by atoms with E-state index in [9.17, 15) is 0 Å².